The van der Waals surface area contributed by atoms with Crippen LogP contribution >= 0.6 is 0 Å². The summed E-state index contributed by atoms with van der Waals surface area (Å²) in [6, 6.07) is 15.2. The molecule has 0 saturated heterocycles. The lowest BCUT2D eigenvalue weighted by molar-refractivity contribution is 0.101. The monoisotopic (exact) mass is 293 g/mol. The Labute approximate surface area is 128 Å². The van der Waals surface area contributed by atoms with Crippen LogP contribution in [0.15, 0.2) is 61.2 Å². The van der Waals surface area contributed by atoms with Gasteiger partial charge in [-0.2, -0.15) is 5.10 Å². The summed E-state index contributed by atoms with van der Waals surface area (Å²) in [5.74, 6) is 0.594. The predicted octanol–water partition coefficient (Wildman–Crippen LogP) is 3.05. The van der Waals surface area contributed by atoms with Crippen molar-refractivity contribution in [3.8, 4) is 11.4 Å². The summed E-state index contributed by atoms with van der Waals surface area (Å²) in [7, 11) is 0. The highest BCUT2D eigenvalue weighted by molar-refractivity contribution is 5.94. The van der Waals surface area contributed by atoms with Crippen molar-refractivity contribution in [1.29, 1.82) is 0 Å². The maximum atomic E-state index is 11.6. The fourth-order valence-electron chi connectivity index (χ4n) is 2.11. The minimum Gasteiger partial charge on any atom is -0.487 e. The van der Waals surface area contributed by atoms with Gasteiger partial charge in [0.05, 0.1) is 0 Å². The fourth-order valence-corrected chi connectivity index (χ4v) is 2.11. The Bertz CT molecular complexity index is 768. The first-order valence-corrected chi connectivity index (χ1v) is 6.91. The van der Waals surface area contributed by atoms with Gasteiger partial charge < -0.3 is 4.74 Å². The number of benzene rings is 2. The van der Waals surface area contributed by atoms with E-state index < -0.39 is 0 Å². The van der Waals surface area contributed by atoms with E-state index in [1.165, 1.54) is 13.3 Å². The Morgan fingerprint density at radius 1 is 1.18 bits per heavy atom. The number of hydrogen-bond acceptors (Lipinski definition) is 4. The van der Waals surface area contributed by atoms with E-state index in [4.69, 9.17) is 4.74 Å². The van der Waals surface area contributed by atoms with Crippen LogP contribution in [0.2, 0.25) is 0 Å². The zero-order chi connectivity index (χ0) is 15.4. The fraction of sp³-hybridized carbons (Fsp3) is 0.118. The lowest BCUT2D eigenvalue weighted by Crippen LogP contribution is -2.04. The largest absolute Gasteiger partial charge is 0.487 e. The summed E-state index contributed by atoms with van der Waals surface area (Å²) >= 11 is 0. The quantitative estimate of drug-likeness (QED) is 0.678. The van der Waals surface area contributed by atoms with Crippen molar-refractivity contribution in [2.24, 2.45) is 0 Å². The lowest BCUT2D eigenvalue weighted by Gasteiger charge is -2.12. The average molecular weight is 293 g/mol. The number of aromatic nitrogens is 3. The zero-order valence-electron chi connectivity index (χ0n) is 12.1. The molecule has 0 bridgehead atoms. The average Bonchev–Trinajstić information content (AvgIpc) is 3.08. The predicted molar refractivity (Wildman–Crippen MR) is 82.1 cm³/mol. The summed E-state index contributed by atoms with van der Waals surface area (Å²) in [6.45, 7) is 1.95. The normalized spacial score (nSPS) is 10.4. The van der Waals surface area contributed by atoms with Gasteiger partial charge in [-0.15, -0.1) is 0 Å². The van der Waals surface area contributed by atoms with Gasteiger partial charge in [-0.1, -0.05) is 30.3 Å². The molecule has 0 unspecified atom stereocenters. The number of ketones is 1. The van der Waals surface area contributed by atoms with Crippen LogP contribution in [0, 0.1) is 0 Å². The molecule has 110 valence electrons. The summed E-state index contributed by atoms with van der Waals surface area (Å²) in [6.07, 6.45) is 3.05. The lowest BCUT2D eigenvalue weighted by atomic mass is 10.1. The smallest absolute Gasteiger partial charge is 0.159 e. The Balaban J connectivity index is 1.92. The number of rotatable bonds is 5. The van der Waals surface area contributed by atoms with E-state index in [9.17, 15) is 4.79 Å². The van der Waals surface area contributed by atoms with Crippen molar-refractivity contribution in [3.63, 3.8) is 0 Å². The number of hydrogen-bond donors (Lipinski definition) is 0. The second-order valence-corrected chi connectivity index (χ2v) is 4.85. The SMILES string of the molecule is CC(=O)c1ccc(-n2cncn2)c(OCc2ccccc2)c1. The van der Waals surface area contributed by atoms with Crippen molar-refractivity contribution in [2.75, 3.05) is 0 Å². The van der Waals surface area contributed by atoms with Gasteiger partial charge in [-0.25, -0.2) is 9.67 Å². The van der Waals surface area contributed by atoms with Crippen LogP contribution in [0.1, 0.15) is 22.8 Å². The molecule has 22 heavy (non-hydrogen) atoms. The number of nitrogens with zero attached hydrogens (tertiary/aromatic N) is 3. The minimum absolute atomic E-state index is 0.00491. The highest BCUT2D eigenvalue weighted by atomic mass is 16.5. The third-order valence-electron chi connectivity index (χ3n) is 3.27. The molecule has 0 saturated carbocycles. The van der Waals surface area contributed by atoms with Gasteiger partial charge in [-0.05, 0) is 30.7 Å². The second kappa shape index (κ2) is 6.22. The summed E-state index contributed by atoms with van der Waals surface area (Å²) in [5, 5.41) is 4.12. The van der Waals surface area contributed by atoms with Gasteiger partial charge in [-0.3, -0.25) is 4.79 Å². The molecular weight excluding hydrogens is 278 g/mol. The number of carbonyl (C=O) groups excluding carboxylic acids is 1. The third kappa shape index (κ3) is 3.03. The van der Waals surface area contributed by atoms with E-state index >= 15 is 0 Å². The zero-order valence-corrected chi connectivity index (χ0v) is 12.1. The molecule has 0 aliphatic heterocycles. The van der Waals surface area contributed by atoms with E-state index in [1.807, 2.05) is 36.4 Å². The van der Waals surface area contributed by atoms with Crippen LogP contribution < -0.4 is 4.74 Å². The second-order valence-electron chi connectivity index (χ2n) is 4.85. The summed E-state index contributed by atoms with van der Waals surface area (Å²) in [5.41, 5.74) is 2.41. The first kappa shape index (κ1) is 14.0. The van der Waals surface area contributed by atoms with Gasteiger partial charge in [0.15, 0.2) is 5.78 Å². The molecule has 0 amide bonds. The Kier molecular flexibility index (Phi) is 3.96. The molecule has 3 aromatic rings. The van der Waals surface area contributed by atoms with Gasteiger partial charge in [0, 0.05) is 5.56 Å². The Hall–Kier alpha value is -2.95. The highest BCUT2D eigenvalue weighted by Crippen LogP contribution is 2.25. The highest BCUT2D eigenvalue weighted by Gasteiger charge is 2.10. The summed E-state index contributed by atoms with van der Waals surface area (Å²) in [4.78, 5) is 15.5. The molecule has 0 N–H and O–H groups in total. The molecule has 0 fully saturated rings. The van der Waals surface area contributed by atoms with E-state index in [2.05, 4.69) is 10.1 Å². The number of carbonyl (C=O) groups is 1. The molecule has 0 aliphatic rings. The van der Waals surface area contributed by atoms with E-state index in [1.54, 1.807) is 23.1 Å². The Morgan fingerprint density at radius 3 is 2.68 bits per heavy atom. The molecule has 3 rings (SSSR count). The molecule has 1 heterocycles. The maximum absolute atomic E-state index is 11.6. The van der Waals surface area contributed by atoms with Gasteiger partial charge >= 0.3 is 0 Å². The molecule has 2 aromatic carbocycles. The van der Waals surface area contributed by atoms with Crippen molar-refractivity contribution in [1.82, 2.24) is 14.8 Å². The van der Waals surface area contributed by atoms with E-state index in [-0.39, 0.29) is 5.78 Å². The van der Waals surface area contributed by atoms with E-state index in [0.717, 1.165) is 11.3 Å². The molecular formula is C17H15N3O2. The van der Waals surface area contributed by atoms with Gasteiger partial charge in [0.25, 0.3) is 0 Å². The topological polar surface area (TPSA) is 57.0 Å². The molecule has 5 nitrogen and oxygen atoms in total. The number of ether oxygens (including phenoxy) is 1. The third-order valence-corrected chi connectivity index (χ3v) is 3.27. The first-order chi connectivity index (χ1) is 10.7. The molecule has 0 radical (unpaired) electrons. The van der Waals surface area contributed by atoms with Gasteiger partial charge in [0.2, 0.25) is 0 Å². The first-order valence-electron chi connectivity index (χ1n) is 6.91. The van der Waals surface area contributed by atoms with Crippen molar-refractivity contribution < 1.29 is 9.53 Å². The molecule has 0 aliphatic carbocycles. The number of Topliss-reactive ketones (excluding diaryl/α,β-unsaturated/α-hetero) is 1. The molecule has 1 aromatic heterocycles. The van der Waals surface area contributed by atoms with Crippen molar-refractivity contribution >= 4 is 5.78 Å². The van der Waals surface area contributed by atoms with Crippen LogP contribution in [-0.2, 0) is 6.61 Å². The van der Waals surface area contributed by atoms with Crippen LogP contribution in [0.3, 0.4) is 0 Å². The maximum Gasteiger partial charge on any atom is 0.159 e. The minimum atomic E-state index is -0.00491. The molecule has 0 atom stereocenters. The van der Waals surface area contributed by atoms with Crippen LogP contribution in [0.5, 0.6) is 5.75 Å². The molecule has 0 spiro atoms. The van der Waals surface area contributed by atoms with Crippen LogP contribution in [-0.4, -0.2) is 20.5 Å². The van der Waals surface area contributed by atoms with Crippen molar-refractivity contribution in [3.05, 3.63) is 72.3 Å². The van der Waals surface area contributed by atoms with Crippen LogP contribution in [0.25, 0.3) is 5.69 Å². The standard InChI is InChI=1S/C17H15N3O2/c1-13(21)15-7-8-16(20-12-18-11-19-20)17(9-15)22-10-14-5-3-2-4-6-14/h2-9,11-12H,10H2,1H3. The van der Waals surface area contributed by atoms with Crippen molar-refractivity contribution in [2.45, 2.75) is 13.5 Å². The van der Waals surface area contributed by atoms with E-state index in [0.29, 0.717) is 17.9 Å². The van der Waals surface area contributed by atoms with Crippen LogP contribution in [0.4, 0.5) is 0 Å². The van der Waals surface area contributed by atoms with Gasteiger partial charge in [0.1, 0.15) is 30.7 Å². The summed E-state index contributed by atoms with van der Waals surface area (Å²) < 4.78 is 7.51. The molecule has 5 heteroatoms. The Morgan fingerprint density at radius 2 is 2.00 bits per heavy atom.